The van der Waals surface area contributed by atoms with Gasteiger partial charge in [0.25, 0.3) is 11.8 Å². The Bertz CT molecular complexity index is 2320. The summed E-state index contributed by atoms with van der Waals surface area (Å²) in [6.45, 7) is 16.5. The molecule has 4 amide bonds. The van der Waals surface area contributed by atoms with E-state index < -0.39 is 84.2 Å². The number of alkyl carbamates (subject to hydrolysis) is 2. The number of hydrogen-bond acceptors (Lipinski definition) is 15. The van der Waals surface area contributed by atoms with Gasteiger partial charge in [-0.25, -0.2) is 24.2 Å². The minimum atomic E-state index is -1.20. The van der Waals surface area contributed by atoms with Gasteiger partial charge in [-0.05, 0) is 94.0 Å². The number of nitrogens with one attached hydrogen (secondary N) is 5. The molecule has 0 aliphatic heterocycles. The van der Waals surface area contributed by atoms with Crippen molar-refractivity contribution < 1.29 is 62.0 Å². The number of amidine groups is 1. The first-order valence-electron chi connectivity index (χ1n) is 21.3. The van der Waals surface area contributed by atoms with Gasteiger partial charge in [-0.15, -0.1) is 0 Å². The molecule has 66 heavy (non-hydrogen) atoms. The number of hydrogen-bond donors (Lipinski definition) is 5. The minimum Gasteiger partial charge on any atom is -0.496 e. The monoisotopic (exact) mass is 914 g/mol. The molecule has 1 aromatic heterocycles. The van der Waals surface area contributed by atoms with Crippen molar-refractivity contribution in [1.82, 2.24) is 20.9 Å². The molecule has 2 aromatic carbocycles. The lowest BCUT2D eigenvalue weighted by Crippen LogP contribution is -2.47. The average Bonchev–Trinajstić information content (AvgIpc) is 4.10. The van der Waals surface area contributed by atoms with E-state index >= 15 is 0 Å². The first kappa shape index (κ1) is 51.3. The molecule has 1 aliphatic carbocycles. The third kappa shape index (κ3) is 14.9. The molecule has 0 radical (unpaired) electrons. The maximum Gasteiger partial charge on any atom is 0.415 e. The zero-order valence-electron chi connectivity index (χ0n) is 38.6. The summed E-state index contributed by atoms with van der Waals surface area (Å²) in [6, 6.07) is 10.5. The molecule has 1 fully saturated rings. The first-order chi connectivity index (χ1) is 31.1. The van der Waals surface area contributed by atoms with E-state index in [2.05, 4.69) is 32.8 Å². The van der Waals surface area contributed by atoms with Gasteiger partial charge in [0.2, 0.25) is 13.1 Å². The van der Waals surface area contributed by atoms with Crippen LogP contribution in [0.4, 0.5) is 15.3 Å². The Kier molecular flexibility index (Phi) is 17.9. The van der Waals surface area contributed by atoms with Gasteiger partial charge in [0.1, 0.15) is 28.9 Å². The van der Waals surface area contributed by atoms with Crippen molar-refractivity contribution in [3.63, 3.8) is 0 Å². The predicted molar refractivity (Wildman–Crippen MR) is 242 cm³/mol. The van der Waals surface area contributed by atoms with Crippen molar-refractivity contribution in [3.05, 3.63) is 83.2 Å². The van der Waals surface area contributed by atoms with Crippen LogP contribution >= 0.6 is 0 Å². The lowest BCUT2D eigenvalue weighted by molar-refractivity contribution is -0.168. The van der Waals surface area contributed by atoms with E-state index in [4.69, 9.17) is 33.8 Å². The maximum absolute atomic E-state index is 14.2. The number of carbonyl (C=O) groups is 7. The standard InChI is InChI=1S/C47H58N6O13/c1-11-26(5)37(52-46(60)66-47(7,8)9)43(57)62-24-63-44(58)38-32(19-20-35(51-38)41(55)49-23-28-13-14-28)33-22-36(61-10)29(12-2)21-34(33)40(54)50-31-17-15-30(16-18-31)39(48)53-45(59)65-27(6)64-42(56)25(3)4/h12,15-22,25-28,37H,2,11,13-14,23-24H2,1,3-10H3,(H,49,55)(H,50,54)(H,52,60)(H2,48,53,59). The van der Waals surface area contributed by atoms with Crippen LogP contribution in [0.1, 0.15) is 117 Å². The van der Waals surface area contributed by atoms with E-state index in [0.717, 1.165) is 12.8 Å². The number of ether oxygens (including phenoxy) is 6. The highest BCUT2D eigenvalue weighted by Gasteiger charge is 2.31. The average molecular weight is 915 g/mol. The van der Waals surface area contributed by atoms with Gasteiger partial charge < -0.3 is 44.4 Å². The highest BCUT2D eigenvalue weighted by molar-refractivity contribution is 6.11. The number of anilines is 1. The van der Waals surface area contributed by atoms with Crippen LogP contribution in [0.25, 0.3) is 17.2 Å². The summed E-state index contributed by atoms with van der Waals surface area (Å²) in [7, 11) is 1.40. The number of rotatable bonds is 19. The number of aromatic nitrogens is 1. The van der Waals surface area contributed by atoms with E-state index in [1.807, 2.05) is 6.92 Å². The maximum atomic E-state index is 14.2. The second-order valence-corrected chi connectivity index (χ2v) is 16.7. The van der Waals surface area contributed by atoms with Crippen molar-refractivity contribution in [2.24, 2.45) is 17.8 Å². The van der Waals surface area contributed by atoms with Gasteiger partial charge in [-0.2, -0.15) is 0 Å². The summed E-state index contributed by atoms with van der Waals surface area (Å²) >= 11 is 0. The lowest BCUT2D eigenvalue weighted by Gasteiger charge is -2.25. The molecule has 1 heterocycles. The van der Waals surface area contributed by atoms with Crippen LogP contribution in [-0.2, 0) is 33.3 Å². The molecule has 1 aliphatic rings. The molecule has 5 N–H and O–H groups in total. The SMILES string of the molecule is C=Cc1cc(C(=O)Nc2ccc(C(=N)NC(=O)OC(C)OC(=O)C(C)C)cc2)c(-c2ccc(C(=O)NCC3CC3)nc2C(=O)OCOC(=O)C(NC(=O)OC(C)(C)C)C(C)CC)cc1OC. The largest absolute Gasteiger partial charge is 0.496 e. The Balaban J connectivity index is 1.62. The smallest absolute Gasteiger partial charge is 0.415 e. The number of carbonyl (C=O) groups excluding carboxylic acids is 7. The second-order valence-electron chi connectivity index (χ2n) is 16.7. The van der Waals surface area contributed by atoms with Gasteiger partial charge in [0.15, 0.2) is 5.69 Å². The van der Waals surface area contributed by atoms with E-state index in [1.165, 1.54) is 68.6 Å². The Labute approximate surface area is 383 Å². The third-order valence-electron chi connectivity index (χ3n) is 9.91. The van der Waals surface area contributed by atoms with Crippen LogP contribution in [0.3, 0.4) is 0 Å². The van der Waals surface area contributed by atoms with E-state index in [1.54, 1.807) is 41.5 Å². The zero-order valence-corrected chi connectivity index (χ0v) is 38.6. The molecule has 354 valence electrons. The molecule has 1 saturated carbocycles. The van der Waals surface area contributed by atoms with Gasteiger partial charge in [0, 0.05) is 47.0 Å². The highest BCUT2D eigenvalue weighted by Crippen LogP contribution is 2.35. The minimum absolute atomic E-state index is 0.0112. The Morgan fingerprint density at radius 1 is 0.879 bits per heavy atom. The number of methoxy groups -OCH3 is 1. The van der Waals surface area contributed by atoms with Crippen LogP contribution < -0.4 is 26.0 Å². The number of benzene rings is 2. The third-order valence-corrected chi connectivity index (χ3v) is 9.91. The molecule has 0 spiro atoms. The molecule has 19 heteroatoms. The zero-order chi connectivity index (χ0) is 48.9. The number of nitrogens with zero attached hydrogens (tertiary/aromatic N) is 1. The Morgan fingerprint density at radius 2 is 1.56 bits per heavy atom. The van der Waals surface area contributed by atoms with Crippen molar-refractivity contribution in [1.29, 1.82) is 5.41 Å². The molecule has 3 aromatic rings. The van der Waals surface area contributed by atoms with Crippen LogP contribution in [0, 0.1) is 23.2 Å². The van der Waals surface area contributed by atoms with Gasteiger partial charge >= 0.3 is 30.1 Å². The van der Waals surface area contributed by atoms with Crippen molar-refractivity contribution in [3.8, 4) is 16.9 Å². The van der Waals surface area contributed by atoms with Crippen LogP contribution in [0.15, 0.2) is 55.1 Å². The van der Waals surface area contributed by atoms with E-state index in [-0.39, 0.29) is 45.2 Å². The number of pyridine rings is 1. The van der Waals surface area contributed by atoms with E-state index in [0.29, 0.717) is 24.4 Å². The van der Waals surface area contributed by atoms with Gasteiger partial charge in [-0.3, -0.25) is 25.1 Å². The van der Waals surface area contributed by atoms with Crippen molar-refractivity contribution >= 4 is 59.5 Å². The topological polar surface area (TPSA) is 260 Å². The highest BCUT2D eigenvalue weighted by atomic mass is 16.7. The van der Waals surface area contributed by atoms with Crippen molar-refractivity contribution in [2.75, 3.05) is 25.8 Å². The molecule has 0 saturated heterocycles. The summed E-state index contributed by atoms with van der Waals surface area (Å²) in [5.74, 6) is -4.36. The van der Waals surface area contributed by atoms with Gasteiger partial charge in [0.05, 0.1) is 13.0 Å². The second kappa shape index (κ2) is 23.0. The quantitative estimate of drug-likeness (QED) is 0.0267. The Morgan fingerprint density at radius 3 is 2.15 bits per heavy atom. The lowest BCUT2D eigenvalue weighted by atomic mass is 9.94. The van der Waals surface area contributed by atoms with Crippen LogP contribution in [0.5, 0.6) is 5.75 Å². The predicted octanol–water partition coefficient (Wildman–Crippen LogP) is 6.99. The summed E-state index contributed by atoms with van der Waals surface area (Å²) in [5, 5.41) is 18.7. The molecule has 19 nitrogen and oxygen atoms in total. The fraction of sp³-hybridized carbons (Fsp3) is 0.426. The Hall–Kier alpha value is -7.31. The summed E-state index contributed by atoms with van der Waals surface area (Å²) < 4.78 is 31.6. The number of amides is 4. The van der Waals surface area contributed by atoms with Crippen molar-refractivity contribution in [2.45, 2.75) is 92.6 Å². The first-order valence-corrected chi connectivity index (χ1v) is 21.3. The molecule has 4 rings (SSSR count). The van der Waals surface area contributed by atoms with Crippen LogP contribution in [-0.4, -0.2) is 91.1 Å². The van der Waals surface area contributed by atoms with Gasteiger partial charge in [-0.1, -0.05) is 46.8 Å². The normalized spacial score (nSPS) is 13.4. The summed E-state index contributed by atoms with van der Waals surface area (Å²) in [5.41, 5.74) is -0.250. The van der Waals surface area contributed by atoms with E-state index in [9.17, 15) is 33.6 Å². The number of esters is 3. The molecular formula is C47H58N6O13. The van der Waals surface area contributed by atoms with Crippen LogP contribution in [0.2, 0.25) is 0 Å². The summed E-state index contributed by atoms with van der Waals surface area (Å²) in [6.07, 6.45) is 0.828. The molecule has 3 unspecified atom stereocenters. The molecule has 3 atom stereocenters. The molecule has 0 bridgehead atoms. The fourth-order valence-electron chi connectivity index (χ4n) is 5.95. The summed E-state index contributed by atoms with van der Waals surface area (Å²) in [4.78, 5) is 95.7. The molecular weight excluding hydrogens is 857 g/mol. The fourth-order valence-corrected chi connectivity index (χ4v) is 5.95.